The molecule has 0 aromatic carbocycles. The van der Waals surface area contributed by atoms with E-state index in [2.05, 4.69) is 15.2 Å². The quantitative estimate of drug-likeness (QED) is 0.728. The summed E-state index contributed by atoms with van der Waals surface area (Å²) >= 11 is 0. The van der Waals surface area contributed by atoms with E-state index in [4.69, 9.17) is 0 Å². The lowest BCUT2D eigenvalue weighted by atomic mass is 10.2. The van der Waals surface area contributed by atoms with Crippen LogP contribution in [0, 0.1) is 6.92 Å². The van der Waals surface area contributed by atoms with E-state index in [1.807, 2.05) is 0 Å². The van der Waals surface area contributed by atoms with Crippen LogP contribution in [-0.4, -0.2) is 15.2 Å². The standard InChI is InChI=1S/C10H9N3O/c1-7-6-9(14)10(13-12-7)8-2-4-11-5-3-8/h2-6H,1H3,(H,12,14). The van der Waals surface area contributed by atoms with Gasteiger partial charge in [-0.25, -0.2) is 0 Å². The molecule has 4 nitrogen and oxygen atoms in total. The van der Waals surface area contributed by atoms with Crippen molar-refractivity contribution >= 4 is 0 Å². The molecule has 0 atom stereocenters. The van der Waals surface area contributed by atoms with Crippen molar-refractivity contribution < 1.29 is 0 Å². The van der Waals surface area contributed by atoms with Crippen LogP contribution in [0.3, 0.4) is 0 Å². The molecule has 4 heteroatoms. The van der Waals surface area contributed by atoms with Crippen molar-refractivity contribution in [2.45, 2.75) is 6.92 Å². The van der Waals surface area contributed by atoms with Gasteiger partial charge in [0.2, 0.25) is 5.43 Å². The van der Waals surface area contributed by atoms with E-state index in [1.54, 1.807) is 31.5 Å². The van der Waals surface area contributed by atoms with Gasteiger partial charge < -0.3 is 0 Å². The zero-order valence-corrected chi connectivity index (χ0v) is 7.69. The van der Waals surface area contributed by atoms with Crippen molar-refractivity contribution in [3.05, 3.63) is 46.5 Å². The molecule has 0 radical (unpaired) electrons. The first-order valence-electron chi connectivity index (χ1n) is 4.24. The average Bonchev–Trinajstić information content (AvgIpc) is 2.19. The number of nitrogens with zero attached hydrogens (tertiary/aromatic N) is 2. The summed E-state index contributed by atoms with van der Waals surface area (Å²) in [5.74, 6) is 0. The van der Waals surface area contributed by atoms with Crippen molar-refractivity contribution in [2.75, 3.05) is 0 Å². The van der Waals surface area contributed by atoms with Crippen LogP contribution in [0.25, 0.3) is 11.3 Å². The summed E-state index contributed by atoms with van der Waals surface area (Å²) in [5, 5.41) is 6.75. The third-order valence-electron chi connectivity index (χ3n) is 1.88. The first-order chi connectivity index (χ1) is 6.77. The second-order valence-corrected chi connectivity index (χ2v) is 3.00. The predicted octanol–water partition coefficient (Wildman–Crippen LogP) is 1.14. The molecule has 0 aliphatic carbocycles. The molecule has 14 heavy (non-hydrogen) atoms. The Balaban J connectivity index is 2.59. The van der Waals surface area contributed by atoms with Crippen LogP contribution in [0.4, 0.5) is 0 Å². The molecule has 2 aromatic rings. The SMILES string of the molecule is Cc1cc(=O)c(-c2ccncc2)n[nH]1. The second-order valence-electron chi connectivity index (χ2n) is 3.00. The van der Waals surface area contributed by atoms with Gasteiger partial charge in [-0.3, -0.25) is 14.9 Å². The van der Waals surface area contributed by atoms with E-state index < -0.39 is 0 Å². The number of rotatable bonds is 1. The summed E-state index contributed by atoms with van der Waals surface area (Å²) in [6.07, 6.45) is 3.27. The van der Waals surface area contributed by atoms with Crippen LogP contribution in [-0.2, 0) is 0 Å². The van der Waals surface area contributed by atoms with E-state index in [1.165, 1.54) is 6.07 Å². The fourth-order valence-corrected chi connectivity index (χ4v) is 1.21. The average molecular weight is 187 g/mol. The Morgan fingerprint density at radius 1 is 1.29 bits per heavy atom. The molecular formula is C10H9N3O. The summed E-state index contributed by atoms with van der Waals surface area (Å²) in [5.41, 5.74) is 1.89. The molecule has 0 aliphatic heterocycles. The Bertz CT molecular complexity index is 490. The summed E-state index contributed by atoms with van der Waals surface area (Å²) < 4.78 is 0. The first-order valence-corrected chi connectivity index (χ1v) is 4.24. The lowest BCUT2D eigenvalue weighted by molar-refractivity contribution is 0.975. The molecule has 0 spiro atoms. The lowest BCUT2D eigenvalue weighted by Crippen LogP contribution is -2.08. The van der Waals surface area contributed by atoms with Crippen molar-refractivity contribution in [2.24, 2.45) is 0 Å². The van der Waals surface area contributed by atoms with E-state index in [0.29, 0.717) is 5.69 Å². The molecule has 0 fully saturated rings. The number of H-pyrrole nitrogens is 1. The molecule has 2 heterocycles. The predicted molar refractivity (Wildman–Crippen MR) is 52.8 cm³/mol. The Labute approximate surface area is 80.6 Å². The topological polar surface area (TPSA) is 58.6 Å². The molecule has 0 saturated heterocycles. The normalized spacial score (nSPS) is 10.1. The molecule has 0 bridgehead atoms. The van der Waals surface area contributed by atoms with Gasteiger partial charge in [-0.1, -0.05) is 0 Å². The van der Waals surface area contributed by atoms with Crippen LogP contribution in [0.1, 0.15) is 5.69 Å². The maximum absolute atomic E-state index is 11.5. The van der Waals surface area contributed by atoms with Gasteiger partial charge in [0, 0.05) is 29.7 Å². The van der Waals surface area contributed by atoms with Crippen LogP contribution >= 0.6 is 0 Å². The Morgan fingerprint density at radius 2 is 2.00 bits per heavy atom. The van der Waals surface area contributed by atoms with Crippen molar-refractivity contribution in [3.63, 3.8) is 0 Å². The van der Waals surface area contributed by atoms with E-state index in [9.17, 15) is 4.79 Å². The number of pyridine rings is 1. The van der Waals surface area contributed by atoms with Crippen LogP contribution < -0.4 is 5.43 Å². The number of aromatic nitrogens is 3. The van der Waals surface area contributed by atoms with E-state index in [0.717, 1.165) is 11.3 Å². The van der Waals surface area contributed by atoms with Gasteiger partial charge in [0.25, 0.3) is 0 Å². The number of aromatic amines is 1. The third-order valence-corrected chi connectivity index (χ3v) is 1.88. The summed E-state index contributed by atoms with van der Waals surface area (Å²) in [7, 11) is 0. The van der Waals surface area contributed by atoms with Gasteiger partial charge in [0.1, 0.15) is 5.69 Å². The van der Waals surface area contributed by atoms with Crippen molar-refractivity contribution in [1.82, 2.24) is 15.2 Å². The largest absolute Gasteiger partial charge is 0.287 e. The minimum Gasteiger partial charge on any atom is -0.287 e. The lowest BCUT2D eigenvalue weighted by Gasteiger charge is -1.98. The van der Waals surface area contributed by atoms with Gasteiger partial charge in [0.05, 0.1) is 0 Å². The van der Waals surface area contributed by atoms with Crippen LogP contribution in [0.15, 0.2) is 35.4 Å². The van der Waals surface area contributed by atoms with Gasteiger partial charge in [-0.2, -0.15) is 5.10 Å². The molecule has 70 valence electrons. The summed E-state index contributed by atoms with van der Waals surface area (Å²) in [6, 6.07) is 5.04. The van der Waals surface area contributed by atoms with Gasteiger partial charge in [-0.05, 0) is 19.1 Å². The van der Waals surface area contributed by atoms with Gasteiger partial charge in [0.15, 0.2) is 0 Å². The molecule has 2 aromatic heterocycles. The Hall–Kier alpha value is -1.97. The Morgan fingerprint density at radius 3 is 2.64 bits per heavy atom. The summed E-state index contributed by atoms with van der Waals surface area (Å²) in [4.78, 5) is 15.4. The molecular weight excluding hydrogens is 178 g/mol. The zero-order valence-electron chi connectivity index (χ0n) is 7.69. The monoisotopic (exact) mass is 187 g/mol. The van der Waals surface area contributed by atoms with Gasteiger partial charge >= 0.3 is 0 Å². The highest BCUT2D eigenvalue weighted by molar-refractivity contribution is 5.57. The molecule has 1 N–H and O–H groups in total. The highest BCUT2D eigenvalue weighted by Crippen LogP contribution is 2.09. The highest BCUT2D eigenvalue weighted by Gasteiger charge is 2.03. The third kappa shape index (κ3) is 1.54. The summed E-state index contributed by atoms with van der Waals surface area (Å²) in [6.45, 7) is 1.80. The minimum absolute atomic E-state index is 0.0764. The Kier molecular flexibility index (Phi) is 2.10. The number of aryl methyl sites for hydroxylation is 1. The molecule has 0 saturated carbocycles. The van der Waals surface area contributed by atoms with E-state index in [-0.39, 0.29) is 5.43 Å². The van der Waals surface area contributed by atoms with Crippen molar-refractivity contribution in [3.8, 4) is 11.3 Å². The second kappa shape index (κ2) is 3.41. The maximum atomic E-state index is 11.5. The van der Waals surface area contributed by atoms with Crippen LogP contribution in [0.2, 0.25) is 0 Å². The number of nitrogens with one attached hydrogen (secondary N) is 1. The zero-order chi connectivity index (χ0) is 9.97. The van der Waals surface area contributed by atoms with E-state index >= 15 is 0 Å². The fraction of sp³-hybridized carbons (Fsp3) is 0.100. The fourth-order valence-electron chi connectivity index (χ4n) is 1.21. The maximum Gasteiger partial charge on any atom is 0.208 e. The molecule has 2 rings (SSSR count). The minimum atomic E-state index is -0.0764. The smallest absolute Gasteiger partial charge is 0.208 e. The highest BCUT2D eigenvalue weighted by atomic mass is 16.1. The van der Waals surface area contributed by atoms with Crippen molar-refractivity contribution in [1.29, 1.82) is 0 Å². The number of hydrogen-bond acceptors (Lipinski definition) is 3. The first kappa shape index (κ1) is 8.62. The molecule has 0 amide bonds. The number of hydrogen-bond donors (Lipinski definition) is 1. The molecule has 0 aliphatic rings. The molecule has 0 unspecified atom stereocenters. The van der Waals surface area contributed by atoms with Crippen LogP contribution in [0.5, 0.6) is 0 Å². The van der Waals surface area contributed by atoms with Gasteiger partial charge in [-0.15, -0.1) is 0 Å².